The minimum atomic E-state index is 0.0548. The fourth-order valence-electron chi connectivity index (χ4n) is 5.28. The van der Waals surface area contributed by atoms with Gasteiger partial charge in [0.05, 0.1) is 13.2 Å². The smallest absolute Gasteiger partial charge is 0.254 e. The highest BCUT2D eigenvalue weighted by Gasteiger charge is 2.26. The Morgan fingerprint density at radius 1 is 0.848 bits per heavy atom. The summed E-state index contributed by atoms with van der Waals surface area (Å²) in [5.74, 6) is 0.123. The molecule has 4 rings (SSSR count). The summed E-state index contributed by atoms with van der Waals surface area (Å²) in [5.41, 5.74) is 2.74. The van der Waals surface area contributed by atoms with E-state index in [2.05, 4.69) is 4.90 Å². The second-order valence-corrected chi connectivity index (χ2v) is 9.50. The lowest BCUT2D eigenvalue weighted by atomic mass is 10.0. The molecule has 0 N–H and O–H groups in total. The highest BCUT2D eigenvalue weighted by Crippen LogP contribution is 2.28. The SMILES string of the molecule is CC(=O)N1CCCCCCCN(C2CCOCC2)Cc2cc(C(=O)N3CCOCC3)ccc21. The number of anilines is 1. The molecule has 182 valence electrons. The number of rotatable bonds is 2. The zero-order chi connectivity index (χ0) is 23.0. The van der Waals surface area contributed by atoms with E-state index in [9.17, 15) is 9.59 Å². The van der Waals surface area contributed by atoms with Crippen molar-refractivity contribution in [2.24, 2.45) is 0 Å². The molecule has 0 spiro atoms. The van der Waals surface area contributed by atoms with Gasteiger partial charge in [-0.05, 0) is 56.0 Å². The largest absolute Gasteiger partial charge is 0.381 e. The van der Waals surface area contributed by atoms with Gasteiger partial charge in [0.25, 0.3) is 5.91 Å². The van der Waals surface area contributed by atoms with Crippen LogP contribution in [-0.2, 0) is 20.8 Å². The Kier molecular flexibility index (Phi) is 8.75. The van der Waals surface area contributed by atoms with E-state index in [-0.39, 0.29) is 11.8 Å². The van der Waals surface area contributed by atoms with Gasteiger partial charge in [-0.25, -0.2) is 0 Å². The van der Waals surface area contributed by atoms with Crippen LogP contribution in [0.1, 0.15) is 67.8 Å². The van der Waals surface area contributed by atoms with Crippen molar-refractivity contribution in [3.8, 4) is 0 Å². The Labute approximate surface area is 198 Å². The van der Waals surface area contributed by atoms with Crippen molar-refractivity contribution in [1.29, 1.82) is 0 Å². The third kappa shape index (κ3) is 6.34. The number of nitrogens with zero attached hydrogens (tertiary/aromatic N) is 3. The minimum Gasteiger partial charge on any atom is -0.381 e. The van der Waals surface area contributed by atoms with E-state index >= 15 is 0 Å². The van der Waals surface area contributed by atoms with Crippen LogP contribution in [0.15, 0.2) is 18.2 Å². The summed E-state index contributed by atoms with van der Waals surface area (Å²) >= 11 is 0. The molecule has 0 saturated carbocycles. The van der Waals surface area contributed by atoms with E-state index in [1.54, 1.807) is 6.92 Å². The number of morpholine rings is 1. The van der Waals surface area contributed by atoms with Crippen LogP contribution < -0.4 is 4.90 Å². The van der Waals surface area contributed by atoms with Crippen LogP contribution in [0.4, 0.5) is 5.69 Å². The average Bonchev–Trinajstić information content (AvgIpc) is 2.84. The zero-order valence-electron chi connectivity index (χ0n) is 20.1. The van der Waals surface area contributed by atoms with Crippen molar-refractivity contribution in [3.63, 3.8) is 0 Å². The van der Waals surface area contributed by atoms with Crippen LogP contribution in [0, 0.1) is 0 Å². The minimum absolute atomic E-state index is 0.0548. The summed E-state index contributed by atoms with van der Waals surface area (Å²) in [6.45, 7) is 8.24. The van der Waals surface area contributed by atoms with Gasteiger partial charge in [-0.15, -0.1) is 0 Å². The third-order valence-electron chi connectivity index (χ3n) is 7.20. The summed E-state index contributed by atoms with van der Waals surface area (Å²) in [6, 6.07) is 6.43. The number of carbonyl (C=O) groups is 2. The Balaban J connectivity index is 1.66. The molecule has 3 aliphatic heterocycles. The van der Waals surface area contributed by atoms with E-state index in [1.165, 1.54) is 19.3 Å². The molecule has 2 saturated heterocycles. The molecule has 3 aliphatic rings. The summed E-state index contributed by atoms with van der Waals surface area (Å²) in [6.07, 6.45) is 7.86. The van der Waals surface area contributed by atoms with Crippen LogP contribution in [0.3, 0.4) is 0 Å². The fourth-order valence-corrected chi connectivity index (χ4v) is 5.28. The predicted molar refractivity (Wildman–Crippen MR) is 129 cm³/mol. The molecule has 2 amide bonds. The zero-order valence-corrected chi connectivity index (χ0v) is 20.1. The highest BCUT2D eigenvalue weighted by atomic mass is 16.5. The first-order valence-corrected chi connectivity index (χ1v) is 12.7. The van der Waals surface area contributed by atoms with Gasteiger partial charge in [0.2, 0.25) is 5.91 Å². The van der Waals surface area contributed by atoms with Crippen molar-refractivity contribution < 1.29 is 19.1 Å². The van der Waals surface area contributed by atoms with Gasteiger partial charge in [0, 0.05) is 63.6 Å². The lowest BCUT2D eigenvalue weighted by molar-refractivity contribution is -0.116. The molecule has 3 heterocycles. The van der Waals surface area contributed by atoms with Crippen molar-refractivity contribution in [2.45, 2.75) is 64.5 Å². The van der Waals surface area contributed by atoms with Crippen LogP contribution in [0.25, 0.3) is 0 Å². The Morgan fingerprint density at radius 3 is 2.24 bits per heavy atom. The quantitative estimate of drug-likeness (QED) is 0.681. The van der Waals surface area contributed by atoms with Crippen molar-refractivity contribution in [1.82, 2.24) is 9.80 Å². The van der Waals surface area contributed by atoms with Crippen LogP contribution in [0.5, 0.6) is 0 Å². The number of benzene rings is 1. The number of hydrogen-bond acceptors (Lipinski definition) is 5. The van der Waals surface area contributed by atoms with Gasteiger partial charge >= 0.3 is 0 Å². The first kappa shape index (κ1) is 24.2. The molecule has 33 heavy (non-hydrogen) atoms. The van der Waals surface area contributed by atoms with Gasteiger partial charge in [0.1, 0.15) is 0 Å². The van der Waals surface area contributed by atoms with Crippen molar-refractivity contribution in [3.05, 3.63) is 29.3 Å². The maximum Gasteiger partial charge on any atom is 0.254 e. The Bertz CT molecular complexity index is 803. The molecule has 0 radical (unpaired) electrons. The molecule has 0 bridgehead atoms. The predicted octanol–water partition coefficient (Wildman–Crippen LogP) is 3.46. The second-order valence-electron chi connectivity index (χ2n) is 9.50. The summed E-state index contributed by atoms with van der Waals surface area (Å²) in [4.78, 5) is 32.2. The molecular formula is C26H39N3O4. The van der Waals surface area contributed by atoms with E-state index in [0.717, 1.165) is 69.8 Å². The van der Waals surface area contributed by atoms with Crippen molar-refractivity contribution in [2.75, 3.05) is 57.5 Å². The molecule has 0 unspecified atom stereocenters. The summed E-state index contributed by atoms with van der Waals surface area (Å²) < 4.78 is 11.0. The van der Waals surface area contributed by atoms with E-state index in [0.29, 0.717) is 37.9 Å². The number of hydrogen-bond donors (Lipinski definition) is 0. The standard InChI is InChI=1S/C26H39N3O4/c1-21(30)29-12-6-4-2-3-5-11-28(24-9-15-32-16-10-24)20-23-19-22(7-8-25(23)29)26(31)27-13-17-33-18-14-27/h7-8,19,24H,2-6,9-18,20H2,1H3. The summed E-state index contributed by atoms with van der Waals surface area (Å²) in [7, 11) is 0. The molecule has 2 fully saturated rings. The van der Waals surface area contributed by atoms with E-state index in [4.69, 9.17) is 9.47 Å². The normalized spacial score (nSPS) is 22.2. The molecule has 0 atom stereocenters. The van der Waals surface area contributed by atoms with Gasteiger partial charge in [0.15, 0.2) is 0 Å². The molecular weight excluding hydrogens is 418 g/mol. The lowest BCUT2D eigenvalue weighted by Gasteiger charge is -2.36. The number of fused-ring (bicyclic) bond motifs is 1. The van der Waals surface area contributed by atoms with Crippen LogP contribution in [0.2, 0.25) is 0 Å². The Hall–Kier alpha value is -1.96. The van der Waals surface area contributed by atoms with E-state index < -0.39 is 0 Å². The monoisotopic (exact) mass is 457 g/mol. The van der Waals surface area contributed by atoms with Gasteiger partial charge < -0.3 is 19.3 Å². The number of amides is 2. The highest BCUT2D eigenvalue weighted by molar-refractivity contribution is 5.97. The first-order chi connectivity index (χ1) is 16.1. The maximum absolute atomic E-state index is 13.2. The first-order valence-electron chi connectivity index (χ1n) is 12.7. The molecule has 7 heteroatoms. The molecule has 1 aromatic rings. The van der Waals surface area contributed by atoms with Crippen LogP contribution >= 0.6 is 0 Å². The van der Waals surface area contributed by atoms with Gasteiger partial charge in [-0.1, -0.05) is 19.3 Å². The molecule has 1 aromatic carbocycles. The number of ether oxygens (including phenoxy) is 2. The van der Waals surface area contributed by atoms with Gasteiger partial charge in [-0.2, -0.15) is 0 Å². The van der Waals surface area contributed by atoms with E-state index in [1.807, 2.05) is 28.0 Å². The molecule has 0 aromatic heterocycles. The second kappa shape index (κ2) is 12.0. The Morgan fingerprint density at radius 2 is 1.52 bits per heavy atom. The molecule has 7 nitrogen and oxygen atoms in total. The summed E-state index contributed by atoms with van der Waals surface area (Å²) in [5, 5.41) is 0. The lowest BCUT2D eigenvalue weighted by Crippen LogP contribution is -2.41. The third-order valence-corrected chi connectivity index (χ3v) is 7.20. The maximum atomic E-state index is 13.2. The van der Waals surface area contributed by atoms with Crippen molar-refractivity contribution >= 4 is 17.5 Å². The fraction of sp³-hybridized carbons (Fsp3) is 0.692. The molecule has 0 aliphatic carbocycles. The topological polar surface area (TPSA) is 62.3 Å². The van der Waals surface area contributed by atoms with Gasteiger partial charge in [-0.3, -0.25) is 14.5 Å². The average molecular weight is 458 g/mol. The number of carbonyl (C=O) groups excluding carboxylic acids is 2. The van der Waals surface area contributed by atoms with Crippen LogP contribution in [-0.4, -0.2) is 80.3 Å².